The first-order valence-corrected chi connectivity index (χ1v) is 14.0. The third kappa shape index (κ3) is 5.23. The molecule has 0 spiro atoms. The molecule has 0 fully saturated rings. The van der Waals surface area contributed by atoms with Gasteiger partial charge in [0.15, 0.2) is 27.1 Å². The van der Waals surface area contributed by atoms with Gasteiger partial charge in [-0.2, -0.15) is 0 Å². The van der Waals surface area contributed by atoms with Crippen molar-refractivity contribution in [2.75, 3.05) is 26.5 Å². The quantitative estimate of drug-likeness (QED) is 0.278. The van der Waals surface area contributed by atoms with E-state index in [-0.39, 0.29) is 16.7 Å². The highest BCUT2D eigenvalue weighted by Gasteiger charge is 2.30. The summed E-state index contributed by atoms with van der Waals surface area (Å²) in [5.74, 6) is 0.242. The highest BCUT2D eigenvalue weighted by atomic mass is 32.2. The third-order valence-corrected chi connectivity index (χ3v) is 8.51. The molecule has 1 aliphatic heterocycles. The minimum atomic E-state index is -3.79. The minimum Gasteiger partial charge on any atom is -0.493 e. The van der Waals surface area contributed by atoms with Gasteiger partial charge in [0.05, 0.1) is 31.4 Å². The topological polar surface area (TPSA) is 86.0 Å². The number of nitrogens with zero attached hydrogens (tertiary/aromatic N) is 1. The van der Waals surface area contributed by atoms with E-state index in [1.807, 2.05) is 30.3 Å². The van der Waals surface area contributed by atoms with Crippen molar-refractivity contribution in [1.29, 1.82) is 0 Å². The standard InChI is InChI=1S/C30H29NO6S/c1-35-28-17-23-14-15-31(30(22-7-4-3-5-8-22)25(23)18-29(28)36-2)19-21-10-12-24(13-11-21)38(33,34)20-26(32)27-9-6-16-37-27/h3-13,16-18,30H,14-15,19-20H2,1-2H3. The Morgan fingerprint density at radius 1 is 0.947 bits per heavy atom. The molecule has 2 heterocycles. The first-order chi connectivity index (χ1) is 18.4. The Morgan fingerprint density at radius 2 is 1.66 bits per heavy atom. The molecule has 5 rings (SSSR count). The van der Waals surface area contributed by atoms with Crippen molar-refractivity contribution in [1.82, 2.24) is 4.90 Å². The zero-order valence-corrected chi connectivity index (χ0v) is 22.1. The van der Waals surface area contributed by atoms with Crippen LogP contribution in [0.4, 0.5) is 0 Å². The molecule has 8 heteroatoms. The lowest BCUT2D eigenvalue weighted by atomic mass is 9.87. The summed E-state index contributed by atoms with van der Waals surface area (Å²) in [4.78, 5) is 14.8. The summed E-state index contributed by atoms with van der Waals surface area (Å²) in [7, 11) is -0.510. The molecule has 7 nitrogen and oxygen atoms in total. The van der Waals surface area contributed by atoms with Gasteiger partial charge in [-0.1, -0.05) is 42.5 Å². The second-order valence-electron chi connectivity index (χ2n) is 9.24. The number of ketones is 1. The highest BCUT2D eigenvalue weighted by Crippen LogP contribution is 2.41. The van der Waals surface area contributed by atoms with Crippen LogP contribution < -0.4 is 9.47 Å². The van der Waals surface area contributed by atoms with Crippen LogP contribution in [0.3, 0.4) is 0 Å². The van der Waals surface area contributed by atoms with Gasteiger partial charge in [0.2, 0.25) is 5.78 Å². The second-order valence-corrected chi connectivity index (χ2v) is 11.2. The molecule has 0 N–H and O–H groups in total. The predicted molar refractivity (Wildman–Crippen MR) is 143 cm³/mol. The molecule has 0 aliphatic carbocycles. The average Bonchev–Trinajstić information content (AvgIpc) is 3.48. The molecule has 0 saturated carbocycles. The van der Waals surface area contributed by atoms with E-state index < -0.39 is 21.4 Å². The molecule has 0 radical (unpaired) electrons. The Bertz CT molecular complexity index is 1510. The van der Waals surface area contributed by atoms with Crippen molar-refractivity contribution >= 4 is 15.6 Å². The van der Waals surface area contributed by atoms with Crippen LogP contribution in [-0.2, 0) is 22.8 Å². The van der Waals surface area contributed by atoms with Crippen molar-refractivity contribution in [2.24, 2.45) is 0 Å². The summed E-state index contributed by atoms with van der Waals surface area (Å²) in [5, 5.41) is 0. The minimum absolute atomic E-state index is 0.00548. The fourth-order valence-corrected chi connectivity index (χ4v) is 6.20. The van der Waals surface area contributed by atoms with Gasteiger partial charge in [0.25, 0.3) is 0 Å². The maximum Gasteiger partial charge on any atom is 0.213 e. The van der Waals surface area contributed by atoms with Crippen LogP contribution in [0.2, 0.25) is 0 Å². The van der Waals surface area contributed by atoms with E-state index in [1.54, 1.807) is 32.4 Å². The largest absolute Gasteiger partial charge is 0.493 e. The third-order valence-electron chi connectivity index (χ3n) is 6.87. The van der Waals surface area contributed by atoms with Gasteiger partial charge >= 0.3 is 0 Å². The van der Waals surface area contributed by atoms with Crippen LogP contribution in [0.1, 0.15) is 38.9 Å². The Labute approximate surface area is 222 Å². The number of hydrogen-bond donors (Lipinski definition) is 0. The van der Waals surface area contributed by atoms with E-state index in [2.05, 4.69) is 29.2 Å². The first-order valence-electron chi connectivity index (χ1n) is 12.3. The first kappa shape index (κ1) is 25.8. The average molecular weight is 532 g/mol. The lowest BCUT2D eigenvalue weighted by molar-refractivity contribution is 0.0990. The number of sulfone groups is 1. The number of methoxy groups -OCH3 is 2. The number of carbonyl (C=O) groups excluding carboxylic acids is 1. The summed E-state index contributed by atoms with van der Waals surface area (Å²) in [6.07, 6.45) is 2.20. The predicted octanol–water partition coefficient (Wildman–Crippen LogP) is 5.10. The number of fused-ring (bicyclic) bond motifs is 1. The summed E-state index contributed by atoms with van der Waals surface area (Å²) in [6, 6.07) is 24.2. The number of furan rings is 1. The molecular formula is C30H29NO6S. The molecular weight excluding hydrogens is 502 g/mol. The van der Waals surface area contributed by atoms with E-state index in [1.165, 1.54) is 17.9 Å². The number of ether oxygens (including phenoxy) is 2. The Morgan fingerprint density at radius 3 is 2.32 bits per heavy atom. The van der Waals surface area contributed by atoms with Crippen LogP contribution in [0.15, 0.2) is 94.4 Å². The summed E-state index contributed by atoms with van der Waals surface area (Å²) in [5.41, 5.74) is 4.52. The summed E-state index contributed by atoms with van der Waals surface area (Å²) < 4.78 is 41.8. The molecule has 0 amide bonds. The lowest BCUT2D eigenvalue weighted by Crippen LogP contribution is -2.35. The van der Waals surface area contributed by atoms with E-state index in [4.69, 9.17) is 13.9 Å². The van der Waals surface area contributed by atoms with Crippen LogP contribution >= 0.6 is 0 Å². The molecule has 38 heavy (non-hydrogen) atoms. The normalized spacial score (nSPS) is 15.6. The molecule has 0 saturated heterocycles. The molecule has 0 bridgehead atoms. The number of carbonyl (C=O) groups is 1. The fraction of sp³-hybridized carbons (Fsp3) is 0.233. The van der Waals surface area contributed by atoms with Crippen LogP contribution in [0.5, 0.6) is 11.5 Å². The Kier molecular flexibility index (Phi) is 7.35. The van der Waals surface area contributed by atoms with Gasteiger partial charge in [-0.15, -0.1) is 0 Å². The summed E-state index contributed by atoms with van der Waals surface area (Å²) in [6.45, 7) is 1.44. The Balaban J connectivity index is 1.41. The maximum atomic E-state index is 12.8. The van der Waals surface area contributed by atoms with Gasteiger partial charge < -0.3 is 13.9 Å². The smallest absolute Gasteiger partial charge is 0.213 e. The lowest BCUT2D eigenvalue weighted by Gasteiger charge is -2.38. The number of hydrogen-bond acceptors (Lipinski definition) is 7. The Hall–Kier alpha value is -3.88. The molecule has 1 atom stereocenters. The van der Waals surface area contributed by atoms with Crippen molar-refractivity contribution in [3.63, 3.8) is 0 Å². The van der Waals surface area contributed by atoms with E-state index in [0.717, 1.165) is 29.7 Å². The SMILES string of the molecule is COc1cc2c(cc1OC)C(c1ccccc1)N(Cc1ccc(S(=O)(=O)CC(=O)c3ccco3)cc1)CC2. The van der Waals surface area contributed by atoms with Gasteiger partial charge in [0, 0.05) is 13.1 Å². The number of benzene rings is 3. The number of rotatable bonds is 9. The molecule has 3 aromatic carbocycles. The van der Waals surface area contributed by atoms with Crippen LogP contribution in [0, 0.1) is 0 Å². The van der Waals surface area contributed by atoms with Crippen molar-refractivity contribution in [3.8, 4) is 11.5 Å². The molecule has 1 aliphatic rings. The van der Waals surface area contributed by atoms with Crippen molar-refractivity contribution in [2.45, 2.75) is 23.9 Å². The molecule has 1 unspecified atom stereocenters. The monoisotopic (exact) mass is 531 g/mol. The van der Waals surface area contributed by atoms with E-state index >= 15 is 0 Å². The van der Waals surface area contributed by atoms with Gasteiger partial charge in [0.1, 0.15) is 5.75 Å². The molecule has 196 valence electrons. The van der Waals surface area contributed by atoms with Crippen LogP contribution in [-0.4, -0.2) is 45.6 Å². The zero-order chi connectivity index (χ0) is 26.7. The second kappa shape index (κ2) is 10.8. The number of Topliss-reactive ketones (excluding diaryl/α,β-unsaturated/α-hetero) is 1. The van der Waals surface area contributed by atoms with Crippen LogP contribution in [0.25, 0.3) is 0 Å². The maximum absolute atomic E-state index is 12.8. The van der Waals surface area contributed by atoms with Gasteiger partial charge in [-0.3, -0.25) is 9.69 Å². The molecule has 1 aromatic heterocycles. The van der Waals surface area contributed by atoms with E-state index in [0.29, 0.717) is 18.0 Å². The van der Waals surface area contributed by atoms with Gasteiger partial charge in [-0.05, 0) is 65.1 Å². The van der Waals surface area contributed by atoms with E-state index in [9.17, 15) is 13.2 Å². The molecule has 4 aromatic rings. The fourth-order valence-electron chi connectivity index (χ4n) is 4.99. The van der Waals surface area contributed by atoms with Crippen molar-refractivity contribution in [3.05, 3.63) is 113 Å². The zero-order valence-electron chi connectivity index (χ0n) is 21.3. The van der Waals surface area contributed by atoms with Gasteiger partial charge in [-0.25, -0.2) is 8.42 Å². The highest BCUT2D eigenvalue weighted by molar-refractivity contribution is 7.92. The summed E-state index contributed by atoms with van der Waals surface area (Å²) >= 11 is 0. The van der Waals surface area contributed by atoms with Crippen molar-refractivity contribution < 1.29 is 27.1 Å².